The quantitative estimate of drug-likeness (QED) is 0.625. The third-order valence-corrected chi connectivity index (χ3v) is 6.70. The van der Waals surface area contributed by atoms with E-state index in [1.54, 1.807) is 6.08 Å². The van der Waals surface area contributed by atoms with Gasteiger partial charge in [0.05, 0.1) is 35.3 Å². The molecule has 1 fully saturated rings. The van der Waals surface area contributed by atoms with E-state index in [-0.39, 0.29) is 35.2 Å². The second kappa shape index (κ2) is 10.0. The first-order chi connectivity index (χ1) is 14.2. The number of carbonyl (C=O) groups is 1. The standard InChI is InChI=1S/C22H32FN3O3S/c1-14(2)30(28)25-19-8-5-17(6-9-19)22(27)24-20-10-7-18(23)11-21(20)26-12-15(3)29-16(4)13-26/h5,7-8,11,14-16,20,25H,6,9-10,12-13H2,1-4H3,(H,24,27). The van der Waals surface area contributed by atoms with Crippen LogP contribution in [-0.2, 0) is 20.9 Å². The van der Waals surface area contributed by atoms with E-state index in [0.29, 0.717) is 37.9 Å². The lowest BCUT2D eigenvalue weighted by Crippen LogP contribution is -2.50. The molecule has 0 aromatic rings. The van der Waals surface area contributed by atoms with Crippen molar-refractivity contribution < 1.29 is 18.5 Å². The van der Waals surface area contributed by atoms with Crippen LogP contribution in [0.25, 0.3) is 0 Å². The highest BCUT2D eigenvalue weighted by Gasteiger charge is 2.31. The maximum absolute atomic E-state index is 14.0. The molecule has 0 spiro atoms. The Kier molecular flexibility index (Phi) is 7.65. The minimum absolute atomic E-state index is 0.0233. The van der Waals surface area contributed by atoms with Crippen molar-refractivity contribution in [2.75, 3.05) is 13.1 Å². The summed E-state index contributed by atoms with van der Waals surface area (Å²) in [6.45, 7) is 9.13. The van der Waals surface area contributed by atoms with Gasteiger partial charge in [-0.05, 0) is 65.2 Å². The second-order valence-electron chi connectivity index (χ2n) is 8.41. The summed E-state index contributed by atoms with van der Waals surface area (Å²) in [5, 5.41) is 3.10. The Morgan fingerprint density at radius 1 is 1.27 bits per heavy atom. The maximum atomic E-state index is 14.0. The molecule has 4 atom stereocenters. The van der Waals surface area contributed by atoms with E-state index in [1.807, 2.05) is 33.8 Å². The molecule has 30 heavy (non-hydrogen) atoms. The predicted octanol–water partition coefficient (Wildman–Crippen LogP) is 2.99. The molecule has 0 aromatic carbocycles. The Hall–Kier alpha value is -1.77. The van der Waals surface area contributed by atoms with Crippen LogP contribution < -0.4 is 10.0 Å². The third kappa shape index (κ3) is 5.89. The van der Waals surface area contributed by atoms with Crippen LogP contribution in [0.4, 0.5) is 4.39 Å². The number of rotatable bonds is 6. The Balaban J connectivity index is 1.66. The molecule has 0 bridgehead atoms. The number of carbonyl (C=O) groups excluding carboxylic acids is 1. The van der Waals surface area contributed by atoms with Gasteiger partial charge in [0.25, 0.3) is 0 Å². The van der Waals surface area contributed by atoms with Crippen LogP contribution in [0, 0.1) is 0 Å². The van der Waals surface area contributed by atoms with Crippen LogP contribution in [0.1, 0.15) is 47.0 Å². The molecule has 4 unspecified atom stereocenters. The van der Waals surface area contributed by atoms with E-state index < -0.39 is 11.4 Å². The highest BCUT2D eigenvalue weighted by Crippen LogP contribution is 2.26. The number of allylic oxidation sites excluding steroid dienone is 5. The van der Waals surface area contributed by atoms with Gasteiger partial charge in [0.15, 0.2) is 0 Å². The minimum atomic E-state index is -1.13. The predicted molar refractivity (Wildman–Crippen MR) is 117 cm³/mol. The van der Waals surface area contributed by atoms with Gasteiger partial charge in [-0.1, -0.05) is 6.08 Å². The van der Waals surface area contributed by atoms with Gasteiger partial charge < -0.3 is 19.5 Å². The Labute approximate surface area is 181 Å². The molecule has 1 heterocycles. The molecule has 166 valence electrons. The summed E-state index contributed by atoms with van der Waals surface area (Å²) in [5.74, 6) is -0.410. The fraction of sp³-hybridized carbons (Fsp3) is 0.591. The van der Waals surface area contributed by atoms with E-state index in [9.17, 15) is 13.7 Å². The molecule has 0 saturated carbocycles. The first-order valence-electron chi connectivity index (χ1n) is 10.6. The summed E-state index contributed by atoms with van der Waals surface area (Å²) in [4.78, 5) is 15.0. The van der Waals surface area contributed by atoms with Crippen LogP contribution >= 0.6 is 0 Å². The minimum Gasteiger partial charge on any atom is -0.593 e. The van der Waals surface area contributed by atoms with Crippen molar-refractivity contribution in [2.24, 2.45) is 0 Å². The Morgan fingerprint density at radius 3 is 2.57 bits per heavy atom. The number of hydrogen-bond donors (Lipinski definition) is 2. The van der Waals surface area contributed by atoms with Crippen molar-refractivity contribution in [1.82, 2.24) is 14.9 Å². The summed E-state index contributed by atoms with van der Waals surface area (Å²) in [6.07, 6.45) is 8.37. The molecule has 1 aliphatic heterocycles. The average Bonchev–Trinajstić information content (AvgIpc) is 2.69. The summed E-state index contributed by atoms with van der Waals surface area (Å²) in [5.41, 5.74) is 2.35. The molecule has 2 aliphatic carbocycles. The number of hydrogen-bond acceptors (Lipinski definition) is 5. The van der Waals surface area contributed by atoms with Crippen LogP contribution in [0.15, 0.2) is 47.1 Å². The molecule has 0 radical (unpaired) electrons. The molecular formula is C22H32FN3O3S. The summed E-state index contributed by atoms with van der Waals surface area (Å²) < 4.78 is 34.8. The van der Waals surface area contributed by atoms with Crippen LogP contribution in [-0.4, -0.2) is 51.9 Å². The van der Waals surface area contributed by atoms with Crippen molar-refractivity contribution in [3.63, 3.8) is 0 Å². The molecule has 2 N–H and O–H groups in total. The highest BCUT2D eigenvalue weighted by molar-refractivity contribution is 7.90. The van der Waals surface area contributed by atoms with Gasteiger partial charge in [0, 0.05) is 24.4 Å². The van der Waals surface area contributed by atoms with E-state index in [4.69, 9.17) is 4.74 Å². The van der Waals surface area contributed by atoms with Crippen molar-refractivity contribution in [3.05, 3.63) is 47.1 Å². The topological polar surface area (TPSA) is 76.7 Å². The van der Waals surface area contributed by atoms with Crippen molar-refractivity contribution in [3.8, 4) is 0 Å². The van der Waals surface area contributed by atoms with Gasteiger partial charge >= 0.3 is 0 Å². The van der Waals surface area contributed by atoms with E-state index in [2.05, 4.69) is 14.9 Å². The number of nitrogens with one attached hydrogen (secondary N) is 2. The van der Waals surface area contributed by atoms with Gasteiger partial charge in [0.2, 0.25) is 5.91 Å². The van der Waals surface area contributed by atoms with Gasteiger partial charge in [-0.3, -0.25) is 4.79 Å². The summed E-state index contributed by atoms with van der Waals surface area (Å²) in [7, 11) is 0. The molecule has 0 aromatic heterocycles. The van der Waals surface area contributed by atoms with Gasteiger partial charge in [-0.25, -0.2) is 9.11 Å². The lowest BCUT2D eigenvalue weighted by atomic mass is 9.98. The smallest absolute Gasteiger partial charge is 0.247 e. The van der Waals surface area contributed by atoms with Crippen molar-refractivity contribution >= 4 is 17.3 Å². The SMILES string of the molecule is CC1CN(C2=CC(F)=CCC2NC(=O)C2=CC=C(N[S+]([O-])C(C)C)CC2)CC(C)O1. The van der Waals surface area contributed by atoms with Crippen LogP contribution in [0.2, 0.25) is 0 Å². The zero-order chi connectivity index (χ0) is 21.8. The number of amides is 1. The summed E-state index contributed by atoms with van der Waals surface area (Å²) in [6, 6.07) is -0.271. The number of halogens is 1. The lowest BCUT2D eigenvalue weighted by Gasteiger charge is -2.41. The molecule has 1 saturated heterocycles. The van der Waals surface area contributed by atoms with Crippen molar-refractivity contribution in [2.45, 2.75) is 70.5 Å². The zero-order valence-electron chi connectivity index (χ0n) is 18.1. The monoisotopic (exact) mass is 437 g/mol. The van der Waals surface area contributed by atoms with Crippen LogP contribution in [0.3, 0.4) is 0 Å². The van der Waals surface area contributed by atoms with E-state index in [1.165, 1.54) is 12.2 Å². The first kappa shape index (κ1) is 22.9. The largest absolute Gasteiger partial charge is 0.593 e. The molecule has 3 rings (SSSR count). The molecule has 3 aliphatic rings. The Morgan fingerprint density at radius 2 is 1.97 bits per heavy atom. The fourth-order valence-corrected chi connectivity index (χ4v) is 4.56. The zero-order valence-corrected chi connectivity index (χ0v) is 18.9. The van der Waals surface area contributed by atoms with Gasteiger partial charge in [-0.15, -0.1) is 0 Å². The molecule has 6 nitrogen and oxygen atoms in total. The lowest BCUT2D eigenvalue weighted by molar-refractivity contribution is -0.118. The maximum Gasteiger partial charge on any atom is 0.247 e. The van der Waals surface area contributed by atoms with Gasteiger partial charge in [0.1, 0.15) is 11.1 Å². The number of nitrogens with zero attached hydrogens (tertiary/aromatic N) is 1. The van der Waals surface area contributed by atoms with Crippen LogP contribution in [0.5, 0.6) is 0 Å². The first-order valence-corrected chi connectivity index (χ1v) is 11.8. The van der Waals surface area contributed by atoms with E-state index >= 15 is 0 Å². The average molecular weight is 438 g/mol. The van der Waals surface area contributed by atoms with Crippen molar-refractivity contribution in [1.29, 1.82) is 0 Å². The molecular weight excluding hydrogens is 405 g/mol. The number of morpholine rings is 1. The van der Waals surface area contributed by atoms with Gasteiger partial charge in [-0.2, -0.15) is 0 Å². The molecule has 8 heteroatoms. The third-order valence-electron chi connectivity index (χ3n) is 5.38. The Bertz CT molecular complexity index is 768. The number of ether oxygens (including phenoxy) is 1. The summed E-state index contributed by atoms with van der Waals surface area (Å²) >= 11 is -1.13. The molecule has 1 amide bonds. The second-order valence-corrected chi connectivity index (χ2v) is 10.2. The normalized spacial score (nSPS) is 28.2. The van der Waals surface area contributed by atoms with E-state index in [0.717, 1.165) is 11.4 Å². The highest BCUT2D eigenvalue weighted by atomic mass is 32.2. The fourth-order valence-electron chi connectivity index (χ4n) is 3.89.